The molecule has 0 unspecified atom stereocenters. The van der Waals surface area contributed by atoms with Crippen LogP contribution in [0.2, 0.25) is 0 Å². The van der Waals surface area contributed by atoms with E-state index >= 15 is 0 Å². The van der Waals surface area contributed by atoms with Crippen molar-refractivity contribution in [2.75, 3.05) is 38.5 Å². The number of carbonyl (C=O) groups is 2. The fourth-order valence-corrected chi connectivity index (χ4v) is 4.34. The summed E-state index contributed by atoms with van der Waals surface area (Å²) in [5.41, 5.74) is 3.73. The van der Waals surface area contributed by atoms with Crippen LogP contribution in [0, 0.1) is 6.92 Å². The van der Waals surface area contributed by atoms with E-state index in [0.717, 1.165) is 21.7 Å². The van der Waals surface area contributed by atoms with E-state index in [2.05, 4.69) is 4.90 Å². The Bertz CT molecular complexity index is 861. The largest absolute Gasteiger partial charge is 0.465 e. The number of carbonyl (C=O) groups excluding carboxylic acids is 2. The molecule has 0 heterocycles. The van der Waals surface area contributed by atoms with Crippen LogP contribution >= 0.6 is 11.8 Å². The molecular weight excluding hydrogens is 374 g/mol. The van der Waals surface area contributed by atoms with Gasteiger partial charge in [0.25, 0.3) is 0 Å². The van der Waals surface area contributed by atoms with Crippen LogP contribution in [0.5, 0.6) is 0 Å². The van der Waals surface area contributed by atoms with Gasteiger partial charge in [0.05, 0.1) is 31.0 Å². The van der Waals surface area contributed by atoms with Crippen LogP contribution in [-0.4, -0.2) is 45.5 Å². The maximum atomic E-state index is 12.9. The van der Waals surface area contributed by atoms with E-state index in [0.29, 0.717) is 18.7 Å². The zero-order chi connectivity index (χ0) is 20.8. The van der Waals surface area contributed by atoms with Crippen molar-refractivity contribution in [2.24, 2.45) is 0 Å². The van der Waals surface area contributed by atoms with Crippen LogP contribution in [-0.2, 0) is 9.47 Å². The minimum atomic E-state index is -0.553. The fraction of sp³-hybridized carbons (Fsp3) is 0.364. The van der Waals surface area contributed by atoms with Gasteiger partial charge in [0.15, 0.2) is 0 Å². The van der Waals surface area contributed by atoms with Gasteiger partial charge in [-0.05, 0) is 38.2 Å². The fourth-order valence-electron chi connectivity index (χ4n) is 3.52. The molecule has 0 amide bonds. The summed E-state index contributed by atoms with van der Waals surface area (Å²) < 4.78 is 10.2. The highest BCUT2D eigenvalue weighted by Crippen LogP contribution is 2.44. The van der Waals surface area contributed by atoms with E-state index < -0.39 is 11.9 Å². The lowest BCUT2D eigenvalue weighted by molar-refractivity contribution is 0.0556. The van der Waals surface area contributed by atoms with Crippen molar-refractivity contribution >= 4 is 29.4 Å². The number of rotatable bonds is 7. The van der Waals surface area contributed by atoms with Crippen LogP contribution in [0.25, 0.3) is 11.1 Å². The molecule has 2 aromatic rings. The molecule has 2 aromatic carbocycles. The molecule has 5 nitrogen and oxygen atoms in total. The average Bonchev–Trinajstić information content (AvgIpc) is 2.74. The van der Waals surface area contributed by atoms with Crippen LogP contribution in [0.3, 0.4) is 0 Å². The minimum Gasteiger partial charge on any atom is -0.465 e. The summed E-state index contributed by atoms with van der Waals surface area (Å²) in [5.74, 6) is -1.10. The number of nitrogens with zero attached hydrogens (tertiary/aromatic N) is 1. The first-order chi connectivity index (χ1) is 13.5. The minimum absolute atomic E-state index is 0.248. The van der Waals surface area contributed by atoms with E-state index in [9.17, 15) is 9.59 Å². The number of methoxy groups -OCH3 is 2. The second kappa shape index (κ2) is 9.64. The van der Waals surface area contributed by atoms with Crippen molar-refractivity contribution < 1.29 is 19.1 Å². The van der Waals surface area contributed by atoms with Crippen LogP contribution in [0.4, 0.5) is 5.69 Å². The number of anilines is 1. The summed E-state index contributed by atoms with van der Waals surface area (Å²) in [7, 11) is 2.66. The van der Waals surface area contributed by atoms with Crippen LogP contribution in [0.1, 0.15) is 40.1 Å². The lowest BCUT2D eigenvalue weighted by atomic mass is 9.90. The van der Waals surface area contributed by atoms with Crippen molar-refractivity contribution in [3.05, 3.63) is 47.0 Å². The van der Waals surface area contributed by atoms with Crippen molar-refractivity contribution in [3.8, 4) is 11.1 Å². The van der Waals surface area contributed by atoms with Crippen LogP contribution in [0.15, 0.2) is 35.2 Å². The quantitative estimate of drug-likeness (QED) is 0.490. The van der Waals surface area contributed by atoms with Crippen molar-refractivity contribution in [2.45, 2.75) is 25.7 Å². The van der Waals surface area contributed by atoms with E-state index in [1.165, 1.54) is 14.2 Å². The molecule has 0 aliphatic heterocycles. The zero-order valence-corrected chi connectivity index (χ0v) is 18.1. The van der Waals surface area contributed by atoms with Gasteiger partial charge < -0.3 is 14.4 Å². The lowest BCUT2D eigenvalue weighted by Gasteiger charge is -2.30. The first-order valence-corrected chi connectivity index (χ1v) is 10.4. The predicted octanol–water partition coefficient (Wildman–Crippen LogP) is 4.80. The first kappa shape index (κ1) is 21.8. The predicted molar refractivity (Wildman–Crippen MR) is 115 cm³/mol. The Labute approximate surface area is 171 Å². The summed E-state index contributed by atoms with van der Waals surface area (Å²) in [5, 5.41) is 0. The number of benzene rings is 2. The highest BCUT2D eigenvalue weighted by atomic mass is 32.2. The lowest BCUT2D eigenvalue weighted by Crippen LogP contribution is -2.28. The van der Waals surface area contributed by atoms with Gasteiger partial charge in [0.2, 0.25) is 0 Å². The molecule has 0 atom stereocenters. The Hall–Kier alpha value is -2.47. The summed E-state index contributed by atoms with van der Waals surface area (Å²) in [4.78, 5) is 28.8. The third-order valence-corrected chi connectivity index (χ3v) is 5.70. The number of hydrogen-bond donors (Lipinski definition) is 0. The Morgan fingerprint density at radius 3 is 1.96 bits per heavy atom. The topological polar surface area (TPSA) is 55.8 Å². The van der Waals surface area contributed by atoms with E-state index in [-0.39, 0.29) is 11.1 Å². The highest BCUT2D eigenvalue weighted by Gasteiger charge is 2.32. The average molecular weight is 402 g/mol. The van der Waals surface area contributed by atoms with Crippen molar-refractivity contribution in [1.82, 2.24) is 0 Å². The number of esters is 2. The molecule has 0 aliphatic rings. The van der Waals surface area contributed by atoms with Crippen molar-refractivity contribution in [3.63, 3.8) is 0 Å². The normalized spacial score (nSPS) is 10.5. The molecule has 0 fully saturated rings. The molecule has 0 spiro atoms. The number of hydrogen-bond acceptors (Lipinski definition) is 6. The standard InChI is InChI=1S/C22H27NO4S/c1-7-23(8-2)19-14(3)20(28-6)16(15-12-10-9-11-13-15)17(21(24)26-4)18(19)22(25)27-5/h9-13H,7-8H2,1-6H3. The van der Waals surface area contributed by atoms with Gasteiger partial charge in [0, 0.05) is 23.5 Å². The first-order valence-electron chi connectivity index (χ1n) is 9.18. The highest BCUT2D eigenvalue weighted by molar-refractivity contribution is 7.98. The summed E-state index contributed by atoms with van der Waals surface area (Å²) >= 11 is 1.55. The molecule has 0 radical (unpaired) electrons. The van der Waals surface area contributed by atoms with Gasteiger partial charge in [-0.2, -0.15) is 0 Å². The molecule has 0 saturated carbocycles. The second-order valence-corrected chi connectivity index (χ2v) is 6.97. The van der Waals surface area contributed by atoms with Crippen LogP contribution < -0.4 is 4.90 Å². The number of thioether (sulfide) groups is 1. The van der Waals surface area contributed by atoms with E-state index in [1.54, 1.807) is 11.8 Å². The molecule has 150 valence electrons. The maximum Gasteiger partial charge on any atom is 0.340 e. The Balaban J connectivity index is 3.11. The molecule has 0 aromatic heterocycles. The maximum absolute atomic E-state index is 12.9. The molecule has 0 N–H and O–H groups in total. The van der Waals surface area contributed by atoms with Gasteiger partial charge in [-0.3, -0.25) is 0 Å². The molecule has 0 saturated heterocycles. The monoisotopic (exact) mass is 401 g/mol. The van der Waals surface area contributed by atoms with E-state index in [1.807, 2.05) is 57.4 Å². The third kappa shape index (κ3) is 3.87. The molecule has 6 heteroatoms. The Morgan fingerprint density at radius 1 is 0.964 bits per heavy atom. The third-order valence-electron chi connectivity index (χ3n) is 4.78. The molecule has 0 bridgehead atoms. The van der Waals surface area contributed by atoms with E-state index in [4.69, 9.17) is 9.47 Å². The smallest absolute Gasteiger partial charge is 0.340 e. The molecule has 2 rings (SSSR count). The number of ether oxygens (including phenoxy) is 2. The summed E-state index contributed by atoms with van der Waals surface area (Å²) in [6.07, 6.45) is 1.97. The Kier molecular flexibility index (Phi) is 7.52. The SMILES string of the molecule is CCN(CC)c1c(C)c(SC)c(-c2ccccc2)c(C(=O)OC)c1C(=O)OC. The zero-order valence-electron chi connectivity index (χ0n) is 17.3. The van der Waals surface area contributed by atoms with Gasteiger partial charge in [-0.15, -0.1) is 11.8 Å². The molecule has 28 heavy (non-hydrogen) atoms. The second-order valence-electron chi connectivity index (χ2n) is 6.15. The van der Waals surface area contributed by atoms with Gasteiger partial charge in [-0.25, -0.2) is 9.59 Å². The summed E-state index contributed by atoms with van der Waals surface area (Å²) in [6, 6.07) is 9.59. The van der Waals surface area contributed by atoms with Gasteiger partial charge in [-0.1, -0.05) is 30.3 Å². The summed E-state index contributed by atoms with van der Waals surface area (Å²) in [6.45, 7) is 7.41. The molecule has 0 aliphatic carbocycles. The van der Waals surface area contributed by atoms with Gasteiger partial charge >= 0.3 is 11.9 Å². The van der Waals surface area contributed by atoms with Crippen molar-refractivity contribution in [1.29, 1.82) is 0 Å². The Morgan fingerprint density at radius 2 is 1.50 bits per heavy atom. The van der Waals surface area contributed by atoms with Gasteiger partial charge in [0.1, 0.15) is 0 Å². The molecular formula is C22H27NO4S.